The van der Waals surface area contributed by atoms with Gasteiger partial charge in [-0.15, -0.1) is 11.3 Å². The summed E-state index contributed by atoms with van der Waals surface area (Å²) in [4.78, 5) is 11.8. The van der Waals surface area contributed by atoms with Crippen LogP contribution in [-0.2, 0) is 11.2 Å². The van der Waals surface area contributed by atoms with E-state index in [1.54, 1.807) is 11.3 Å². The number of nitrogens with one attached hydrogen (secondary N) is 1. The highest BCUT2D eigenvalue weighted by molar-refractivity contribution is 7.17. The van der Waals surface area contributed by atoms with Crippen molar-refractivity contribution in [1.29, 1.82) is 0 Å². The van der Waals surface area contributed by atoms with Crippen LogP contribution in [0.3, 0.4) is 0 Å². The Kier molecular flexibility index (Phi) is 3.36. The SMILES string of the molecule is CNC(C)C(=O)Cc1csc2ccccc12. The van der Waals surface area contributed by atoms with E-state index in [2.05, 4.69) is 22.8 Å². The van der Waals surface area contributed by atoms with E-state index >= 15 is 0 Å². The molecule has 1 unspecified atom stereocenters. The summed E-state index contributed by atoms with van der Waals surface area (Å²) in [6.45, 7) is 1.90. The van der Waals surface area contributed by atoms with Gasteiger partial charge >= 0.3 is 0 Å². The quantitative estimate of drug-likeness (QED) is 0.879. The predicted molar refractivity (Wildman–Crippen MR) is 69.1 cm³/mol. The number of Topliss-reactive ketones (excluding diaryl/α,β-unsaturated/α-hetero) is 1. The first kappa shape index (κ1) is 11.3. The number of carbonyl (C=O) groups is 1. The Labute approximate surface area is 99.3 Å². The fourth-order valence-electron chi connectivity index (χ4n) is 1.67. The number of fused-ring (bicyclic) bond motifs is 1. The Morgan fingerprint density at radius 2 is 2.19 bits per heavy atom. The molecule has 3 heteroatoms. The Bertz CT molecular complexity index is 503. The van der Waals surface area contributed by atoms with Crippen LogP contribution in [0.5, 0.6) is 0 Å². The van der Waals surface area contributed by atoms with Gasteiger partial charge in [-0.25, -0.2) is 0 Å². The molecule has 1 aromatic heterocycles. The minimum atomic E-state index is -0.0707. The fourth-order valence-corrected chi connectivity index (χ4v) is 2.63. The lowest BCUT2D eigenvalue weighted by Crippen LogP contribution is -2.31. The zero-order valence-corrected chi connectivity index (χ0v) is 10.3. The average molecular weight is 233 g/mol. The summed E-state index contributed by atoms with van der Waals surface area (Å²) >= 11 is 1.70. The summed E-state index contributed by atoms with van der Waals surface area (Å²) < 4.78 is 1.25. The first-order chi connectivity index (χ1) is 7.72. The zero-order chi connectivity index (χ0) is 11.5. The van der Waals surface area contributed by atoms with E-state index in [1.165, 1.54) is 10.1 Å². The van der Waals surface area contributed by atoms with Gasteiger partial charge in [0.25, 0.3) is 0 Å². The van der Waals surface area contributed by atoms with Crippen LogP contribution in [0.2, 0.25) is 0 Å². The summed E-state index contributed by atoms with van der Waals surface area (Å²) in [6, 6.07) is 8.15. The van der Waals surface area contributed by atoms with Crippen LogP contribution in [0, 0.1) is 0 Å². The second kappa shape index (κ2) is 4.76. The Hall–Kier alpha value is -1.19. The van der Waals surface area contributed by atoms with Gasteiger partial charge in [-0.2, -0.15) is 0 Å². The van der Waals surface area contributed by atoms with E-state index in [0.29, 0.717) is 6.42 Å². The van der Waals surface area contributed by atoms with E-state index in [9.17, 15) is 4.79 Å². The Morgan fingerprint density at radius 3 is 2.94 bits per heavy atom. The van der Waals surface area contributed by atoms with Crippen molar-refractivity contribution in [3.05, 3.63) is 35.2 Å². The number of hydrogen-bond acceptors (Lipinski definition) is 3. The van der Waals surface area contributed by atoms with Gasteiger partial charge in [0.1, 0.15) is 0 Å². The molecule has 1 atom stereocenters. The molecule has 2 rings (SSSR count). The molecule has 0 spiro atoms. The molecule has 0 fully saturated rings. The van der Waals surface area contributed by atoms with Gasteiger partial charge in [0.05, 0.1) is 6.04 Å². The van der Waals surface area contributed by atoms with Crippen molar-refractivity contribution in [3.63, 3.8) is 0 Å². The summed E-state index contributed by atoms with van der Waals surface area (Å²) in [5.74, 6) is 0.242. The van der Waals surface area contributed by atoms with Gasteiger partial charge in [0, 0.05) is 11.1 Å². The van der Waals surface area contributed by atoms with E-state index in [1.807, 2.05) is 26.1 Å². The molecule has 84 valence electrons. The molecule has 1 aromatic carbocycles. The van der Waals surface area contributed by atoms with Crippen LogP contribution < -0.4 is 5.32 Å². The largest absolute Gasteiger partial charge is 0.311 e. The van der Waals surface area contributed by atoms with Gasteiger partial charge in [-0.1, -0.05) is 18.2 Å². The second-order valence-electron chi connectivity index (χ2n) is 3.91. The molecule has 1 N–H and O–H groups in total. The molecule has 2 aromatic rings. The van der Waals surface area contributed by atoms with Crippen molar-refractivity contribution in [3.8, 4) is 0 Å². The molecule has 0 radical (unpaired) electrons. The van der Waals surface area contributed by atoms with E-state index in [4.69, 9.17) is 0 Å². The van der Waals surface area contributed by atoms with Crippen molar-refractivity contribution in [1.82, 2.24) is 5.32 Å². The van der Waals surface area contributed by atoms with Crippen molar-refractivity contribution in [2.45, 2.75) is 19.4 Å². The Balaban J connectivity index is 2.25. The lowest BCUT2D eigenvalue weighted by atomic mass is 10.0. The topological polar surface area (TPSA) is 29.1 Å². The number of benzene rings is 1. The number of thiophene rings is 1. The smallest absolute Gasteiger partial charge is 0.153 e. The molecule has 0 aliphatic rings. The number of hydrogen-bond donors (Lipinski definition) is 1. The monoisotopic (exact) mass is 233 g/mol. The van der Waals surface area contributed by atoms with Crippen molar-refractivity contribution in [2.24, 2.45) is 0 Å². The number of likely N-dealkylation sites (N-methyl/N-ethyl adjacent to an activating group) is 1. The van der Waals surface area contributed by atoms with Crippen molar-refractivity contribution in [2.75, 3.05) is 7.05 Å². The first-order valence-corrected chi connectivity index (χ1v) is 6.25. The van der Waals surface area contributed by atoms with Crippen LogP contribution in [0.25, 0.3) is 10.1 Å². The molecular formula is C13H15NOS. The number of ketones is 1. The standard InChI is InChI=1S/C13H15NOS/c1-9(14-2)12(15)7-10-8-16-13-6-4-3-5-11(10)13/h3-6,8-9,14H,7H2,1-2H3. The predicted octanol–water partition coefficient (Wildman–Crippen LogP) is 2.62. The molecule has 0 aliphatic carbocycles. The van der Waals surface area contributed by atoms with Crippen molar-refractivity contribution < 1.29 is 4.79 Å². The first-order valence-electron chi connectivity index (χ1n) is 5.37. The number of rotatable bonds is 4. The minimum absolute atomic E-state index is 0.0707. The summed E-state index contributed by atoms with van der Waals surface area (Å²) in [6.07, 6.45) is 0.520. The van der Waals surface area contributed by atoms with Gasteiger partial charge in [0.15, 0.2) is 5.78 Å². The molecule has 16 heavy (non-hydrogen) atoms. The highest BCUT2D eigenvalue weighted by Crippen LogP contribution is 2.26. The third-order valence-electron chi connectivity index (χ3n) is 2.84. The zero-order valence-electron chi connectivity index (χ0n) is 9.49. The van der Waals surface area contributed by atoms with Crippen molar-refractivity contribution >= 4 is 27.2 Å². The lowest BCUT2D eigenvalue weighted by Gasteiger charge is -2.07. The number of carbonyl (C=O) groups excluding carboxylic acids is 1. The van der Waals surface area contributed by atoms with Crippen LogP contribution >= 0.6 is 11.3 Å². The average Bonchev–Trinajstić information content (AvgIpc) is 2.72. The van der Waals surface area contributed by atoms with Gasteiger partial charge < -0.3 is 5.32 Å². The Morgan fingerprint density at radius 1 is 1.44 bits per heavy atom. The maximum Gasteiger partial charge on any atom is 0.153 e. The lowest BCUT2D eigenvalue weighted by molar-refractivity contribution is -0.119. The van der Waals surface area contributed by atoms with E-state index in [-0.39, 0.29) is 11.8 Å². The highest BCUT2D eigenvalue weighted by Gasteiger charge is 2.13. The maximum atomic E-state index is 11.8. The molecule has 0 bridgehead atoms. The third-order valence-corrected chi connectivity index (χ3v) is 3.85. The molecule has 1 heterocycles. The summed E-state index contributed by atoms with van der Waals surface area (Å²) in [5.41, 5.74) is 1.15. The summed E-state index contributed by atoms with van der Waals surface area (Å²) in [5, 5.41) is 6.28. The minimum Gasteiger partial charge on any atom is -0.311 e. The van der Waals surface area contributed by atoms with Crippen LogP contribution in [0.1, 0.15) is 12.5 Å². The third kappa shape index (κ3) is 2.15. The molecular weight excluding hydrogens is 218 g/mol. The normalized spacial score (nSPS) is 12.9. The molecule has 0 saturated carbocycles. The molecule has 0 saturated heterocycles. The highest BCUT2D eigenvalue weighted by atomic mass is 32.1. The summed E-state index contributed by atoms with van der Waals surface area (Å²) in [7, 11) is 1.81. The van der Waals surface area contributed by atoms with Gasteiger partial charge in [0.2, 0.25) is 0 Å². The molecule has 0 aliphatic heterocycles. The second-order valence-corrected chi connectivity index (χ2v) is 4.82. The van der Waals surface area contributed by atoms with E-state index < -0.39 is 0 Å². The van der Waals surface area contributed by atoms with Gasteiger partial charge in [-0.3, -0.25) is 4.79 Å². The molecule has 2 nitrogen and oxygen atoms in total. The molecule has 0 amide bonds. The fraction of sp³-hybridized carbons (Fsp3) is 0.308. The van der Waals surface area contributed by atoms with Crippen LogP contribution in [0.4, 0.5) is 0 Å². The van der Waals surface area contributed by atoms with Crippen LogP contribution in [-0.4, -0.2) is 18.9 Å². The van der Waals surface area contributed by atoms with Crippen LogP contribution in [0.15, 0.2) is 29.6 Å². The van der Waals surface area contributed by atoms with E-state index in [0.717, 1.165) is 5.56 Å². The maximum absolute atomic E-state index is 11.8. The van der Waals surface area contributed by atoms with Gasteiger partial charge in [-0.05, 0) is 36.4 Å².